The van der Waals surface area contributed by atoms with Crippen molar-refractivity contribution < 1.29 is 13.9 Å². The summed E-state index contributed by atoms with van der Waals surface area (Å²) in [5.74, 6) is 1.62. The van der Waals surface area contributed by atoms with E-state index in [4.69, 9.17) is 20.8 Å². The fourth-order valence-corrected chi connectivity index (χ4v) is 3.40. The van der Waals surface area contributed by atoms with E-state index in [9.17, 15) is 4.79 Å². The number of H-pyrrole nitrogens is 1. The minimum absolute atomic E-state index is 0.0601. The number of morpholine rings is 1. The van der Waals surface area contributed by atoms with Crippen LogP contribution in [-0.4, -0.2) is 35.5 Å². The van der Waals surface area contributed by atoms with E-state index in [1.807, 2.05) is 42.2 Å². The van der Waals surface area contributed by atoms with Gasteiger partial charge in [-0.15, -0.1) is 0 Å². The van der Waals surface area contributed by atoms with Gasteiger partial charge in [0.25, 0.3) is 5.91 Å². The van der Waals surface area contributed by atoms with Gasteiger partial charge in [0, 0.05) is 28.9 Å². The van der Waals surface area contributed by atoms with Crippen LogP contribution < -0.4 is 0 Å². The van der Waals surface area contributed by atoms with Gasteiger partial charge in [0.15, 0.2) is 0 Å². The molecule has 4 rings (SSSR count). The number of rotatable bonds is 3. The zero-order valence-corrected chi connectivity index (χ0v) is 14.7. The van der Waals surface area contributed by atoms with Crippen molar-refractivity contribution in [2.24, 2.45) is 0 Å². The summed E-state index contributed by atoms with van der Waals surface area (Å²) in [6.07, 6.45) is 0.824. The lowest BCUT2D eigenvalue weighted by Crippen LogP contribution is -2.43. The summed E-state index contributed by atoms with van der Waals surface area (Å²) in [5, 5.41) is 1.57. The molecule has 130 valence electrons. The van der Waals surface area contributed by atoms with Crippen LogP contribution in [0, 0.1) is 0 Å². The summed E-state index contributed by atoms with van der Waals surface area (Å²) in [6.45, 7) is 3.53. The number of furan rings is 1. The smallest absolute Gasteiger partial charge is 0.271 e. The molecule has 1 fully saturated rings. The highest BCUT2D eigenvalue weighted by Gasteiger charge is 2.32. The quantitative estimate of drug-likeness (QED) is 0.763. The Balaban J connectivity index is 1.65. The molecule has 1 unspecified atom stereocenters. The van der Waals surface area contributed by atoms with Gasteiger partial charge in [-0.3, -0.25) is 4.79 Å². The van der Waals surface area contributed by atoms with Crippen LogP contribution >= 0.6 is 11.6 Å². The van der Waals surface area contributed by atoms with Gasteiger partial charge < -0.3 is 19.0 Å². The molecule has 1 saturated heterocycles. The van der Waals surface area contributed by atoms with Crippen LogP contribution in [0.5, 0.6) is 0 Å². The predicted molar refractivity (Wildman–Crippen MR) is 96.0 cm³/mol. The number of carbonyl (C=O) groups is 1. The van der Waals surface area contributed by atoms with Crippen molar-refractivity contribution in [1.29, 1.82) is 0 Å². The number of aryl methyl sites for hydroxylation is 1. The van der Waals surface area contributed by atoms with E-state index in [-0.39, 0.29) is 11.9 Å². The first-order valence-electron chi connectivity index (χ1n) is 8.41. The Hall–Kier alpha value is -2.24. The molecule has 0 radical (unpaired) electrons. The van der Waals surface area contributed by atoms with E-state index in [2.05, 4.69) is 4.98 Å². The molecule has 0 aliphatic carbocycles. The zero-order valence-electron chi connectivity index (χ0n) is 13.9. The summed E-state index contributed by atoms with van der Waals surface area (Å²) < 4.78 is 11.5. The highest BCUT2D eigenvalue weighted by Crippen LogP contribution is 2.29. The fourth-order valence-electron chi connectivity index (χ4n) is 3.22. The van der Waals surface area contributed by atoms with Crippen molar-refractivity contribution in [1.82, 2.24) is 9.88 Å². The van der Waals surface area contributed by atoms with E-state index < -0.39 is 0 Å². The molecule has 25 heavy (non-hydrogen) atoms. The number of benzene rings is 1. The molecule has 3 aromatic rings. The lowest BCUT2D eigenvalue weighted by atomic mass is 10.1. The van der Waals surface area contributed by atoms with Gasteiger partial charge in [0.1, 0.15) is 23.3 Å². The number of hydrogen-bond acceptors (Lipinski definition) is 3. The first-order valence-corrected chi connectivity index (χ1v) is 8.79. The van der Waals surface area contributed by atoms with Crippen molar-refractivity contribution in [3.63, 3.8) is 0 Å². The number of fused-ring (bicyclic) bond motifs is 1. The largest absolute Gasteiger partial charge is 0.464 e. The molecule has 1 aromatic carbocycles. The molecule has 1 amide bonds. The summed E-state index contributed by atoms with van der Waals surface area (Å²) in [5.41, 5.74) is 1.44. The maximum absolute atomic E-state index is 13.1. The van der Waals surface area contributed by atoms with E-state index in [0.29, 0.717) is 30.5 Å². The van der Waals surface area contributed by atoms with Gasteiger partial charge in [-0.25, -0.2) is 0 Å². The standard InChI is InChI=1S/C19H19ClN2O3/c1-2-14-4-6-18(25-14)17-11-24-8-7-22(17)19(23)16-10-12-9-13(20)3-5-15(12)21-16/h3-6,9-10,17,21H,2,7-8,11H2,1H3. The molecular weight excluding hydrogens is 340 g/mol. The third-order valence-electron chi connectivity index (χ3n) is 4.56. The lowest BCUT2D eigenvalue weighted by Gasteiger charge is -2.34. The molecule has 5 nitrogen and oxygen atoms in total. The number of aromatic nitrogens is 1. The van der Waals surface area contributed by atoms with Gasteiger partial charge in [-0.2, -0.15) is 0 Å². The van der Waals surface area contributed by atoms with E-state index in [1.54, 1.807) is 6.07 Å². The van der Waals surface area contributed by atoms with E-state index in [1.165, 1.54) is 0 Å². The van der Waals surface area contributed by atoms with Crippen molar-refractivity contribution in [3.05, 3.63) is 58.6 Å². The maximum Gasteiger partial charge on any atom is 0.271 e. The maximum atomic E-state index is 13.1. The Morgan fingerprint density at radius 1 is 1.32 bits per heavy atom. The molecule has 3 heterocycles. The SMILES string of the molecule is CCc1ccc(C2COCCN2C(=O)c2cc3cc(Cl)ccc3[nH]2)o1. The molecule has 0 bridgehead atoms. The Kier molecular flexibility index (Phi) is 4.27. The molecule has 1 aliphatic rings. The second-order valence-corrected chi connectivity index (χ2v) is 6.60. The number of halogens is 1. The highest BCUT2D eigenvalue weighted by atomic mass is 35.5. The van der Waals surface area contributed by atoms with Crippen LogP contribution in [0.4, 0.5) is 0 Å². The molecule has 6 heteroatoms. The van der Waals surface area contributed by atoms with Gasteiger partial charge in [-0.1, -0.05) is 18.5 Å². The van der Waals surface area contributed by atoms with Crippen LogP contribution in [0.15, 0.2) is 40.8 Å². The van der Waals surface area contributed by atoms with Crippen molar-refractivity contribution >= 4 is 28.4 Å². The van der Waals surface area contributed by atoms with Crippen molar-refractivity contribution in [3.8, 4) is 0 Å². The summed E-state index contributed by atoms with van der Waals surface area (Å²) in [7, 11) is 0. The molecule has 0 spiro atoms. The predicted octanol–water partition coefficient (Wildman–Crippen LogP) is 4.19. The molecule has 1 atom stereocenters. The zero-order chi connectivity index (χ0) is 17.4. The monoisotopic (exact) mass is 358 g/mol. The normalized spacial score (nSPS) is 18.0. The van der Waals surface area contributed by atoms with Crippen LogP contribution in [0.25, 0.3) is 10.9 Å². The third-order valence-corrected chi connectivity index (χ3v) is 4.80. The number of nitrogens with one attached hydrogen (secondary N) is 1. The van der Waals surface area contributed by atoms with Gasteiger partial charge in [-0.05, 0) is 36.4 Å². The number of ether oxygens (including phenoxy) is 1. The van der Waals surface area contributed by atoms with Crippen LogP contribution in [0.1, 0.15) is 35.0 Å². The number of hydrogen-bond donors (Lipinski definition) is 1. The van der Waals surface area contributed by atoms with Gasteiger partial charge in [0.2, 0.25) is 0 Å². The molecule has 1 aliphatic heterocycles. The Morgan fingerprint density at radius 3 is 3.00 bits per heavy atom. The molecule has 2 aromatic heterocycles. The fraction of sp³-hybridized carbons (Fsp3) is 0.316. The van der Waals surface area contributed by atoms with Crippen molar-refractivity contribution in [2.45, 2.75) is 19.4 Å². The van der Waals surface area contributed by atoms with Gasteiger partial charge in [0.05, 0.1) is 13.2 Å². The Bertz CT molecular complexity index is 914. The highest BCUT2D eigenvalue weighted by molar-refractivity contribution is 6.31. The topological polar surface area (TPSA) is 58.5 Å². The average Bonchev–Trinajstić information content (AvgIpc) is 3.27. The van der Waals surface area contributed by atoms with Crippen molar-refractivity contribution in [2.75, 3.05) is 19.8 Å². The molecule has 0 saturated carbocycles. The van der Waals surface area contributed by atoms with E-state index in [0.717, 1.165) is 28.8 Å². The van der Waals surface area contributed by atoms with Gasteiger partial charge >= 0.3 is 0 Å². The van der Waals surface area contributed by atoms with Crippen LogP contribution in [0.3, 0.4) is 0 Å². The lowest BCUT2D eigenvalue weighted by molar-refractivity contribution is -0.00925. The first-order chi connectivity index (χ1) is 12.2. The first kappa shape index (κ1) is 16.2. The minimum atomic E-state index is -0.212. The number of carbonyl (C=O) groups excluding carboxylic acids is 1. The summed E-state index contributed by atoms with van der Waals surface area (Å²) >= 11 is 6.04. The average molecular weight is 359 g/mol. The second kappa shape index (κ2) is 6.58. The summed E-state index contributed by atoms with van der Waals surface area (Å²) in [6, 6.07) is 11.1. The third kappa shape index (κ3) is 3.05. The molecular formula is C19H19ClN2O3. The molecule has 1 N–H and O–H groups in total. The second-order valence-electron chi connectivity index (χ2n) is 6.16. The Labute approximate surface area is 150 Å². The Morgan fingerprint density at radius 2 is 2.20 bits per heavy atom. The number of aromatic amines is 1. The summed E-state index contributed by atoms with van der Waals surface area (Å²) in [4.78, 5) is 18.1. The number of amides is 1. The number of nitrogens with zero attached hydrogens (tertiary/aromatic N) is 1. The van der Waals surface area contributed by atoms with Crippen LogP contribution in [-0.2, 0) is 11.2 Å². The van der Waals surface area contributed by atoms with Crippen LogP contribution in [0.2, 0.25) is 5.02 Å². The van der Waals surface area contributed by atoms with E-state index >= 15 is 0 Å². The minimum Gasteiger partial charge on any atom is -0.464 e.